The Kier molecular flexibility index (Phi) is 5.23. The van der Waals surface area contributed by atoms with E-state index in [-0.39, 0.29) is 34.8 Å². The van der Waals surface area contributed by atoms with Gasteiger partial charge in [-0.15, -0.1) is 0 Å². The first-order valence-electron chi connectivity index (χ1n) is 9.69. The van der Waals surface area contributed by atoms with Crippen LogP contribution in [0.25, 0.3) is 0 Å². The number of benzene rings is 3. The van der Waals surface area contributed by atoms with Gasteiger partial charge in [0.1, 0.15) is 34.7 Å². The molecule has 2 N–H and O–H groups in total. The lowest BCUT2D eigenvalue weighted by Crippen LogP contribution is -2.26. The van der Waals surface area contributed by atoms with Crippen molar-refractivity contribution in [3.63, 3.8) is 0 Å². The predicted molar refractivity (Wildman–Crippen MR) is 112 cm³/mol. The zero-order valence-corrected chi connectivity index (χ0v) is 16.8. The summed E-state index contributed by atoms with van der Waals surface area (Å²) in [6.45, 7) is 2.67. The Morgan fingerprint density at radius 3 is 2.47 bits per heavy atom. The van der Waals surface area contributed by atoms with Crippen molar-refractivity contribution >= 4 is 5.91 Å². The number of hydrogen-bond donors (Lipinski definition) is 2. The van der Waals surface area contributed by atoms with Crippen LogP contribution in [0.1, 0.15) is 40.1 Å². The molecule has 3 aromatic carbocycles. The molecule has 1 atom stereocenters. The summed E-state index contributed by atoms with van der Waals surface area (Å²) in [6.07, 6.45) is -0.376. The Morgan fingerprint density at radius 1 is 1.00 bits per heavy atom. The number of amides is 1. The van der Waals surface area contributed by atoms with Crippen LogP contribution in [0.15, 0.2) is 60.7 Å². The van der Waals surface area contributed by atoms with Crippen LogP contribution in [0.5, 0.6) is 23.0 Å². The average Bonchev–Trinajstić information content (AvgIpc) is 3.17. The third-order valence-electron chi connectivity index (χ3n) is 5.28. The highest BCUT2D eigenvalue weighted by molar-refractivity contribution is 6.00. The molecule has 0 spiro atoms. The van der Waals surface area contributed by atoms with Crippen LogP contribution in [0.3, 0.4) is 0 Å². The molecule has 3 aromatic rings. The zero-order chi connectivity index (χ0) is 21.3. The highest BCUT2D eigenvalue weighted by atomic mass is 16.5. The molecular weight excluding hydrogens is 382 g/mol. The van der Waals surface area contributed by atoms with Crippen LogP contribution in [0.2, 0.25) is 0 Å². The number of carbonyl (C=O) groups is 1. The second-order valence-electron chi connectivity index (χ2n) is 7.30. The minimum Gasteiger partial charge on any atom is -0.508 e. The third-order valence-corrected chi connectivity index (χ3v) is 5.28. The lowest BCUT2D eigenvalue weighted by atomic mass is 10.1. The van der Waals surface area contributed by atoms with E-state index in [2.05, 4.69) is 0 Å². The molecule has 6 nitrogen and oxygen atoms in total. The lowest BCUT2D eigenvalue weighted by molar-refractivity contribution is 0.0740. The summed E-state index contributed by atoms with van der Waals surface area (Å²) in [4.78, 5) is 14.9. The highest BCUT2D eigenvalue weighted by Crippen LogP contribution is 2.38. The van der Waals surface area contributed by atoms with Gasteiger partial charge in [0.15, 0.2) is 0 Å². The van der Waals surface area contributed by atoms with E-state index in [0.29, 0.717) is 13.1 Å². The maximum absolute atomic E-state index is 13.3. The quantitative estimate of drug-likeness (QED) is 0.658. The third kappa shape index (κ3) is 3.76. The molecule has 1 unspecified atom stereocenters. The van der Waals surface area contributed by atoms with Gasteiger partial charge in [-0.3, -0.25) is 4.79 Å². The molecule has 0 saturated heterocycles. The van der Waals surface area contributed by atoms with Crippen LogP contribution in [0, 0.1) is 0 Å². The molecule has 0 radical (unpaired) electrons. The van der Waals surface area contributed by atoms with Crippen LogP contribution < -0.4 is 9.47 Å². The predicted octanol–water partition coefficient (Wildman–Crippen LogP) is 4.40. The van der Waals surface area contributed by atoms with Crippen LogP contribution in [0.4, 0.5) is 0 Å². The van der Waals surface area contributed by atoms with Gasteiger partial charge in [-0.25, -0.2) is 0 Å². The van der Waals surface area contributed by atoms with Gasteiger partial charge >= 0.3 is 0 Å². The fourth-order valence-corrected chi connectivity index (χ4v) is 3.68. The number of aromatic hydroxyl groups is 2. The summed E-state index contributed by atoms with van der Waals surface area (Å²) in [6, 6.07) is 17.8. The van der Waals surface area contributed by atoms with E-state index in [1.165, 1.54) is 6.07 Å². The molecule has 6 heteroatoms. The average molecular weight is 405 g/mol. The van der Waals surface area contributed by atoms with Gasteiger partial charge in [0, 0.05) is 25.2 Å². The van der Waals surface area contributed by atoms with Gasteiger partial charge in [0.25, 0.3) is 5.91 Å². The van der Waals surface area contributed by atoms with Crippen molar-refractivity contribution < 1.29 is 24.5 Å². The Labute approximate surface area is 174 Å². The number of nitrogens with zero attached hydrogens (tertiary/aromatic N) is 1. The van der Waals surface area contributed by atoms with Crippen LogP contribution in [-0.2, 0) is 13.1 Å². The van der Waals surface area contributed by atoms with Crippen molar-refractivity contribution in [2.45, 2.75) is 26.1 Å². The first kappa shape index (κ1) is 19.6. The van der Waals surface area contributed by atoms with Gasteiger partial charge in [0.05, 0.1) is 7.11 Å². The minimum atomic E-state index is -0.376. The Morgan fingerprint density at radius 2 is 1.73 bits per heavy atom. The van der Waals surface area contributed by atoms with Crippen LogP contribution in [-0.4, -0.2) is 28.1 Å². The van der Waals surface area contributed by atoms with E-state index >= 15 is 0 Å². The van der Waals surface area contributed by atoms with E-state index in [1.807, 2.05) is 55.5 Å². The number of hydrogen-bond acceptors (Lipinski definition) is 5. The fourth-order valence-electron chi connectivity index (χ4n) is 3.68. The van der Waals surface area contributed by atoms with E-state index in [9.17, 15) is 15.0 Å². The number of phenolic OH excluding ortho intramolecular Hbond substituents is 2. The van der Waals surface area contributed by atoms with Gasteiger partial charge in [0.2, 0.25) is 0 Å². The number of ether oxygens (including phenoxy) is 2. The standard InChI is InChI=1S/C24H23NO5/c1-15(16-6-4-3-5-7-16)30-22-12-19(26)11-21(27)23(22)24(28)25-13-17-8-9-20(29-2)10-18(17)14-25/h3-12,15,26-27H,13-14H2,1-2H3. The largest absolute Gasteiger partial charge is 0.508 e. The molecule has 1 aliphatic heterocycles. The van der Waals surface area contributed by atoms with Gasteiger partial charge in [-0.05, 0) is 35.7 Å². The Hall–Kier alpha value is -3.67. The lowest BCUT2D eigenvalue weighted by Gasteiger charge is -2.21. The summed E-state index contributed by atoms with van der Waals surface area (Å²) >= 11 is 0. The molecule has 0 bridgehead atoms. The molecular formula is C24H23NO5. The van der Waals surface area contributed by atoms with Gasteiger partial charge in [-0.2, -0.15) is 0 Å². The summed E-state index contributed by atoms with van der Waals surface area (Å²) < 4.78 is 11.3. The molecule has 0 aromatic heterocycles. The number of methoxy groups -OCH3 is 1. The van der Waals surface area contributed by atoms with Crippen molar-refractivity contribution in [1.29, 1.82) is 0 Å². The first-order valence-corrected chi connectivity index (χ1v) is 9.69. The maximum Gasteiger partial charge on any atom is 0.262 e. The van der Waals surface area contributed by atoms with Gasteiger partial charge in [-0.1, -0.05) is 36.4 Å². The Balaban J connectivity index is 1.63. The molecule has 1 heterocycles. The second-order valence-corrected chi connectivity index (χ2v) is 7.30. The molecule has 1 aliphatic rings. The van der Waals surface area contributed by atoms with E-state index < -0.39 is 0 Å². The van der Waals surface area contributed by atoms with Gasteiger partial charge < -0.3 is 24.6 Å². The highest BCUT2D eigenvalue weighted by Gasteiger charge is 2.30. The van der Waals surface area contributed by atoms with Crippen molar-refractivity contribution in [3.8, 4) is 23.0 Å². The normalized spacial score (nSPS) is 13.6. The number of carbonyl (C=O) groups excluding carboxylic acids is 1. The molecule has 30 heavy (non-hydrogen) atoms. The van der Waals surface area contributed by atoms with E-state index in [4.69, 9.17) is 9.47 Å². The Bertz CT molecular complexity index is 1080. The fraction of sp³-hybridized carbons (Fsp3) is 0.208. The molecule has 4 rings (SSSR count). The second kappa shape index (κ2) is 7.99. The molecule has 0 fully saturated rings. The van der Waals surface area contributed by atoms with Crippen molar-refractivity contribution in [3.05, 3.63) is 82.9 Å². The summed E-state index contributed by atoms with van der Waals surface area (Å²) in [5.41, 5.74) is 2.98. The summed E-state index contributed by atoms with van der Waals surface area (Å²) in [7, 11) is 1.60. The van der Waals surface area contributed by atoms with Crippen molar-refractivity contribution in [2.24, 2.45) is 0 Å². The molecule has 0 aliphatic carbocycles. The smallest absolute Gasteiger partial charge is 0.262 e. The number of phenols is 2. The van der Waals surface area contributed by atoms with Crippen LogP contribution >= 0.6 is 0 Å². The van der Waals surface area contributed by atoms with Crippen molar-refractivity contribution in [2.75, 3.05) is 7.11 Å². The monoisotopic (exact) mass is 405 g/mol. The number of fused-ring (bicyclic) bond motifs is 1. The minimum absolute atomic E-state index is 0.0374. The SMILES string of the molecule is COc1ccc2c(c1)CN(C(=O)c1c(O)cc(O)cc1OC(C)c1ccccc1)C2. The topological polar surface area (TPSA) is 79.2 Å². The summed E-state index contributed by atoms with van der Waals surface area (Å²) in [5.74, 6) is 0.0223. The van der Waals surface area contributed by atoms with E-state index in [1.54, 1.807) is 12.0 Å². The van der Waals surface area contributed by atoms with Crippen molar-refractivity contribution in [1.82, 2.24) is 4.90 Å². The summed E-state index contributed by atoms with van der Waals surface area (Å²) in [5, 5.41) is 20.4. The molecule has 0 saturated carbocycles. The maximum atomic E-state index is 13.3. The first-order chi connectivity index (χ1) is 14.5. The molecule has 1 amide bonds. The number of rotatable bonds is 5. The zero-order valence-electron chi connectivity index (χ0n) is 16.8. The molecule has 154 valence electrons. The van der Waals surface area contributed by atoms with E-state index in [0.717, 1.165) is 28.5 Å².